The fourth-order valence-electron chi connectivity index (χ4n) is 2.95. The summed E-state index contributed by atoms with van der Waals surface area (Å²) < 4.78 is 13.3. The summed E-state index contributed by atoms with van der Waals surface area (Å²) in [5.74, 6) is -0.162. The molecule has 1 N–H and O–H groups in total. The first kappa shape index (κ1) is 14.1. The number of nitrogens with zero attached hydrogens (tertiary/aromatic N) is 1. The molecule has 0 amide bonds. The van der Waals surface area contributed by atoms with Gasteiger partial charge in [-0.15, -0.1) is 0 Å². The summed E-state index contributed by atoms with van der Waals surface area (Å²) in [7, 11) is 1.98. The first-order valence-electron chi connectivity index (χ1n) is 7.47. The van der Waals surface area contributed by atoms with Crippen molar-refractivity contribution < 1.29 is 4.39 Å². The van der Waals surface area contributed by atoms with Gasteiger partial charge in [-0.05, 0) is 55.3 Å². The Kier molecular flexibility index (Phi) is 3.93. The Morgan fingerprint density at radius 1 is 1.24 bits per heavy atom. The largest absolute Gasteiger partial charge is 0.367 e. The molecule has 0 saturated heterocycles. The van der Waals surface area contributed by atoms with E-state index >= 15 is 0 Å². The topological polar surface area (TPSA) is 15.3 Å². The van der Waals surface area contributed by atoms with Gasteiger partial charge in [0.1, 0.15) is 5.82 Å². The zero-order valence-electron chi connectivity index (χ0n) is 12.6. The molecule has 1 atom stereocenters. The average Bonchev–Trinajstić information content (AvgIpc) is 2.89. The summed E-state index contributed by atoms with van der Waals surface area (Å²) in [6, 6.07) is 13.9. The normalized spacial score (nSPS) is 15.1. The lowest BCUT2D eigenvalue weighted by molar-refractivity contribution is 0.624. The molecule has 1 heterocycles. The number of benzene rings is 2. The molecule has 0 spiro atoms. The Balaban J connectivity index is 1.81. The maximum atomic E-state index is 13.3. The Morgan fingerprint density at radius 2 is 2.10 bits per heavy atom. The highest BCUT2D eigenvalue weighted by molar-refractivity contribution is 5.59. The van der Waals surface area contributed by atoms with Crippen molar-refractivity contribution in [2.45, 2.75) is 25.9 Å². The first-order chi connectivity index (χ1) is 10.2. The average molecular weight is 284 g/mol. The van der Waals surface area contributed by atoms with Crippen LogP contribution >= 0.6 is 0 Å². The third-order valence-electron chi connectivity index (χ3n) is 4.29. The van der Waals surface area contributed by atoms with Crippen molar-refractivity contribution in [2.24, 2.45) is 0 Å². The van der Waals surface area contributed by atoms with E-state index in [2.05, 4.69) is 35.3 Å². The molecule has 2 nitrogen and oxygen atoms in total. The van der Waals surface area contributed by atoms with Crippen LogP contribution in [0.25, 0.3) is 0 Å². The highest BCUT2D eigenvalue weighted by Gasteiger charge is 2.20. The second-order valence-electron chi connectivity index (χ2n) is 5.70. The Bertz CT molecular complexity index is 639. The smallest absolute Gasteiger partial charge is 0.123 e. The fraction of sp³-hybridized carbons (Fsp3) is 0.333. The van der Waals surface area contributed by atoms with Crippen LogP contribution in [-0.2, 0) is 13.0 Å². The van der Waals surface area contributed by atoms with Crippen molar-refractivity contribution >= 4 is 5.69 Å². The molecule has 21 heavy (non-hydrogen) atoms. The van der Waals surface area contributed by atoms with Crippen LogP contribution in [-0.4, -0.2) is 13.6 Å². The van der Waals surface area contributed by atoms with Crippen molar-refractivity contribution in [3.63, 3.8) is 0 Å². The molecule has 0 aromatic heterocycles. The van der Waals surface area contributed by atoms with Gasteiger partial charge in [-0.25, -0.2) is 4.39 Å². The predicted octanol–water partition coefficient (Wildman–Crippen LogP) is 3.67. The molecule has 1 unspecified atom stereocenters. The summed E-state index contributed by atoms with van der Waals surface area (Å²) in [5, 5.41) is 3.27. The lowest BCUT2D eigenvalue weighted by atomic mass is 10.0. The third kappa shape index (κ3) is 2.93. The van der Waals surface area contributed by atoms with Crippen LogP contribution in [0.15, 0.2) is 42.5 Å². The number of anilines is 1. The third-order valence-corrected chi connectivity index (χ3v) is 4.29. The van der Waals surface area contributed by atoms with Crippen LogP contribution in [0.5, 0.6) is 0 Å². The number of hydrogen-bond acceptors (Lipinski definition) is 2. The van der Waals surface area contributed by atoms with Gasteiger partial charge in [0.15, 0.2) is 0 Å². The number of fused-ring (bicyclic) bond motifs is 1. The van der Waals surface area contributed by atoms with Crippen molar-refractivity contribution in [1.82, 2.24) is 5.32 Å². The molecule has 1 aliphatic rings. The van der Waals surface area contributed by atoms with E-state index in [-0.39, 0.29) is 5.82 Å². The van der Waals surface area contributed by atoms with Crippen molar-refractivity contribution in [1.29, 1.82) is 0 Å². The van der Waals surface area contributed by atoms with Gasteiger partial charge >= 0.3 is 0 Å². The molecule has 3 heteroatoms. The monoisotopic (exact) mass is 284 g/mol. The summed E-state index contributed by atoms with van der Waals surface area (Å²) in [6.45, 7) is 3.94. The van der Waals surface area contributed by atoms with Gasteiger partial charge in [-0.1, -0.05) is 24.3 Å². The highest BCUT2D eigenvalue weighted by atomic mass is 19.1. The van der Waals surface area contributed by atoms with E-state index in [0.29, 0.717) is 6.04 Å². The molecule has 0 fully saturated rings. The Labute approximate surface area is 125 Å². The molecule has 0 bridgehead atoms. The summed E-state index contributed by atoms with van der Waals surface area (Å²) in [5.41, 5.74) is 5.02. The summed E-state index contributed by atoms with van der Waals surface area (Å²) in [4.78, 5) is 2.33. The number of halogens is 1. The highest BCUT2D eigenvalue weighted by Crippen LogP contribution is 2.31. The summed E-state index contributed by atoms with van der Waals surface area (Å²) in [6.07, 6.45) is 1.06. The lowest BCUT2D eigenvalue weighted by Gasteiger charge is -2.20. The minimum absolute atomic E-state index is 0.162. The standard InChI is InChI=1S/C18H21FN2/c1-13(20-2)15-6-7-18-16(11-15)8-9-21(18)12-14-4-3-5-17(19)10-14/h3-7,10-11,13,20H,8-9,12H2,1-2H3. The van der Waals surface area contributed by atoms with E-state index in [1.54, 1.807) is 12.1 Å². The van der Waals surface area contributed by atoms with Crippen LogP contribution in [0.4, 0.5) is 10.1 Å². The second-order valence-corrected chi connectivity index (χ2v) is 5.70. The zero-order valence-corrected chi connectivity index (χ0v) is 12.6. The van der Waals surface area contributed by atoms with E-state index in [9.17, 15) is 4.39 Å². The molecular weight excluding hydrogens is 263 g/mol. The molecule has 0 aliphatic carbocycles. The number of nitrogens with one attached hydrogen (secondary N) is 1. The van der Waals surface area contributed by atoms with E-state index in [1.807, 2.05) is 13.1 Å². The molecular formula is C18H21FN2. The van der Waals surface area contributed by atoms with E-state index in [4.69, 9.17) is 0 Å². The minimum Gasteiger partial charge on any atom is -0.367 e. The van der Waals surface area contributed by atoms with E-state index < -0.39 is 0 Å². The zero-order chi connectivity index (χ0) is 14.8. The first-order valence-corrected chi connectivity index (χ1v) is 7.47. The second kappa shape index (κ2) is 5.86. The minimum atomic E-state index is -0.162. The number of hydrogen-bond donors (Lipinski definition) is 1. The maximum absolute atomic E-state index is 13.3. The molecule has 1 aliphatic heterocycles. The van der Waals surface area contributed by atoms with Crippen LogP contribution < -0.4 is 10.2 Å². The molecule has 0 radical (unpaired) electrons. The van der Waals surface area contributed by atoms with Gasteiger partial charge in [0.25, 0.3) is 0 Å². The van der Waals surface area contributed by atoms with Crippen LogP contribution in [0.3, 0.4) is 0 Å². The molecule has 110 valence electrons. The van der Waals surface area contributed by atoms with Crippen LogP contribution in [0.1, 0.15) is 29.7 Å². The fourth-order valence-corrected chi connectivity index (χ4v) is 2.95. The van der Waals surface area contributed by atoms with Crippen molar-refractivity contribution in [3.8, 4) is 0 Å². The van der Waals surface area contributed by atoms with Crippen molar-refractivity contribution in [3.05, 3.63) is 65.0 Å². The molecule has 2 aromatic carbocycles. The quantitative estimate of drug-likeness (QED) is 0.921. The Morgan fingerprint density at radius 3 is 2.86 bits per heavy atom. The number of rotatable bonds is 4. The molecule has 0 saturated carbocycles. The Hall–Kier alpha value is -1.87. The van der Waals surface area contributed by atoms with Gasteiger partial charge in [-0.3, -0.25) is 0 Å². The molecule has 3 rings (SSSR count). The van der Waals surface area contributed by atoms with Gasteiger partial charge < -0.3 is 10.2 Å². The lowest BCUT2D eigenvalue weighted by Crippen LogP contribution is -2.19. The predicted molar refractivity (Wildman–Crippen MR) is 85.1 cm³/mol. The van der Waals surface area contributed by atoms with E-state index in [0.717, 1.165) is 25.1 Å². The van der Waals surface area contributed by atoms with Crippen LogP contribution in [0.2, 0.25) is 0 Å². The van der Waals surface area contributed by atoms with Gasteiger partial charge in [0.2, 0.25) is 0 Å². The molecule has 2 aromatic rings. The maximum Gasteiger partial charge on any atom is 0.123 e. The van der Waals surface area contributed by atoms with E-state index in [1.165, 1.54) is 22.9 Å². The summed E-state index contributed by atoms with van der Waals surface area (Å²) >= 11 is 0. The van der Waals surface area contributed by atoms with Gasteiger partial charge in [0.05, 0.1) is 0 Å². The van der Waals surface area contributed by atoms with Gasteiger partial charge in [0, 0.05) is 24.8 Å². The van der Waals surface area contributed by atoms with Crippen LogP contribution in [0, 0.1) is 5.82 Å². The van der Waals surface area contributed by atoms with Gasteiger partial charge in [-0.2, -0.15) is 0 Å². The van der Waals surface area contributed by atoms with Crippen molar-refractivity contribution in [2.75, 3.05) is 18.5 Å². The SMILES string of the molecule is CNC(C)c1ccc2c(c1)CCN2Cc1cccc(F)c1.